The lowest BCUT2D eigenvalue weighted by Crippen LogP contribution is -1.99. The molecular weight excluding hydrogens is 691 g/mol. The van der Waals surface area contributed by atoms with Crippen LogP contribution in [0.25, 0.3) is 105 Å². The standard InChI is InChI=1S/C54H35N3/c1-4-16-36(17-5-1)38-32-39(37-28-31-52-48(35-37)45-24-12-13-25-49(45)55(52)40-18-6-2-7-19-40)34-42(33-38)57-51-27-15-11-23-44(51)47-30-29-46-43-22-10-14-26-50(43)56(53(46)54(47)57)41-20-8-3-9-21-41/h1-35H. The van der Waals surface area contributed by atoms with E-state index in [0.29, 0.717) is 0 Å². The number of aromatic nitrogens is 3. The van der Waals surface area contributed by atoms with Gasteiger partial charge < -0.3 is 13.7 Å². The number of nitrogens with zero attached hydrogens (tertiary/aromatic N) is 3. The van der Waals surface area contributed by atoms with Crippen molar-refractivity contribution in [1.82, 2.24) is 13.7 Å². The topological polar surface area (TPSA) is 14.8 Å². The van der Waals surface area contributed by atoms with Crippen LogP contribution >= 0.6 is 0 Å². The molecule has 0 bridgehead atoms. The summed E-state index contributed by atoms with van der Waals surface area (Å²) in [4.78, 5) is 0. The Kier molecular flexibility index (Phi) is 6.93. The third-order valence-electron chi connectivity index (χ3n) is 11.8. The predicted octanol–water partition coefficient (Wildman–Crippen LogP) is 14.3. The van der Waals surface area contributed by atoms with Crippen molar-refractivity contribution in [2.24, 2.45) is 0 Å². The van der Waals surface area contributed by atoms with Crippen LogP contribution in [0.1, 0.15) is 0 Å². The second kappa shape index (κ2) is 12.5. The molecule has 12 rings (SSSR count). The van der Waals surface area contributed by atoms with E-state index in [1.54, 1.807) is 0 Å². The largest absolute Gasteiger partial charge is 0.309 e. The summed E-state index contributed by atoms with van der Waals surface area (Å²) in [5.41, 5.74) is 15.3. The highest BCUT2D eigenvalue weighted by atomic mass is 15.0. The van der Waals surface area contributed by atoms with Crippen LogP contribution in [-0.2, 0) is 0 Å². The molecule has 0 spiro atoms. The summed E-state index contributed by atoms with van der Waals surface area (Å²) in [6, 6.07) is 77.5. The van der Waals surface area contributed by atoms with Gasteiger partial charge in [0.2, 0.25) is 0 Å². The fraction of sp³-hybridized carbons (Fsp3) is 0. The lowest BCUT2D eigenvalue weighted by Gasteiger charge is -2.16. The zero-order chi connectivity index (χ0) is 37.5. The lowest BCUT2D eigenvalue weighted by atomic mass is 9.96. The fourth-order valence-corrected chi connectivity index (χ4v) is 9.33. The lowest BCUT2D eigenvalue weighted by molar-refractivity contribution is 1.15. The second-order valence-electron chi connectivity index (χ2n) is 15.0. The van der Waals surface area contributed by atoms with Crippen molar-refractivity contribution in [2.75, 3.05) is 0 Å². The average molecular weight is 726 g/mol. The van der Waals surface area contributed by atoms with Gasteiger partial charge in [0.1, 0.15) is 0 Å². The van der Waals surface area contributed by atoms with E-state index in [-0.39, 0.29) is 0 Å². The number of hydrogen-bond acceptors (Lipinski definition) is 0. The maximum absolute atomic E-state index is 2.51. The van der Waals surface area contributed by atoms with E-state index in [1.165, 1.54) is 87.7 Å². The molecule has 12 aromatic rings. The van der Waals surface area contributed by atoms with Crippen LogP contribution in [0.4, 0.5) is 0 Å². The van der Waals surface area contributed by atoms with Crippen LogP contribution in [0.15, 0.2) is 212 Å². The summed E-state index contributed by atoms with van der Waals surface area (Å²) >= 11 is 0. The normalized spacial score (nSPS) is 11.9. The second-order valence-corrected chi connectivity index (χ2v) is 15.0. The van der Waals surface area contributed by atoms with Crippen molar-refractivity contribution in [3.05, 3.63) is 212 Å². The molecule has 0 N–H and O–H groups in total. The molecule has 0 saturated carbocycles. The molecule has 0 atom stereocenters. The van der Waals surface area contributed by atoms with Gasteiger partial charge in [-0.15, -0.1) is 0 Å². The van der Waals surface area contributed by atoms with Gasteiger partial charge in [0.25, 0.3) is 0 Å². The summed E-state index contributed by atoms with van der Waals surface area (Å²) in [7, 11) is 0. The Labute approximate surface area is 329 Å². The monoisotopic (exact) mass is 725 g/mol. The van der Waals surface area contributed by atoms with Crippen molar-refractivity contribution in [2.45, 2.75) is 0 Å². The minimum Gasteiger partial charge on any atom is -0.309 e. The van der Waals surface area contributed by atoms with Crippen LogP contribution in [0, 0.1) is 0 Å². The minimum absolute atomic E-state index is 1.13. The smallest absolute Gasteiger partial charge is 0.0788 e. The van der Waals surface area contributed by atoms with Gasteiger partial charge in [0, 0.05) is 49.4 Å². The first-order valence-electron chi connectivity index (χ1n) is 19.6. The first-order valence-corrected chi connectivity index (χ1v) is 19.6. The molecule has 9 aromatic carbocycles. The number of fused-ring (bicyclic) bond motifs is 10. The molecule has 0 aliphatic heterocycles. The molecule has 3 aromatic heterocycles. The van der Waals surface area contributed by atoms with Gasteiger partial charge in [-0.2, -0.15) is 0 Å². The molecule has 0 amide bonds. The van der Waals surface area contributed by atoms with Gasteiger partial charge in [-0.25, -0.2) is 0 Å². The van der Waals surface area contributed by atoms with E-state index in [4.69, 9.17) is 0 Å². The Morgan fingerprint density at radius 2 is 0.632 bits per heavy atom. The molecular formula is C54H35N3. The Balaban J connectivity index is 1.18. The summed E-state index contributed by atoms with van der Waals surface area (Å²) in [5.74, 6) is 0. The van der Waals surface area contributed by atoms with Crippen LogP contribution in [0.3, 0.4) is 0 Å². The Bertz CT molecular complexity index is 3500. The van der Waals surface area contributed by atoms with Crippen LogP contribution in [-0.4, -0.2) is 13.7 Å². The molecule has 57 heavy (non-hydrogen) atoms. The molecule has 3 heterocycles. The van der Waals surface area contributed by atoms with Gasteiger partial charge >= 0.3 is 0 Å². The number of benzene rings is 9. The predicted molar refractivity (Wildman–Crippen MR) is 240 cm³/mol. The third-order valence-corrected chi connectivity index (χ3v) is 11.8. The third kappa shape index (κ3) is 4.79. The molecule has 266 valence electrons. The quantitative estimate of drug-likeness (QED) is 0.168. The number of para-hydroxylation sites is 5. The Morgan fingerprint density at radius 1 is 0.211 bits per heavy atom. The average Bonchev–Trinajstić information content (AvgIpc) is 3.93. The molecule has 0 aliphatic carbocycles. The zero-order valence-corrected chi connectivity index (χ0v) is 31.0. The van der Waals surface area contributed by atoms with Gasteiger partial charge in [-0.3, -0.25) is 0 Å². The first kappa shape index (κ1) is 31.7. The van der Waals surface area contributed by atoms with Gasteiger partial charge in [0.15, 0.2) is 0 Å². The van der Waals surface area contributed by atoms with E-state index in [1.807, 2.05) is 0 Å². The summed E-state index contributed by atoms with van der Waals surface area (Å²) < 4.78 is 7.36. The molecule has 0 fully saturated rings. The van der Waals surface area contributed by atoms with E-state index >= 15 is 0 Å². The molecule has 3 nitrogen and oxygen atoms in total. The van der Waals surface area contributed by atoms with Crippen molar-refractivity contribution < 1.29 is 0 Å². The molecule has 0 unspecified atom stereocenters. The summed E-state index contributed by atoms with van der Waals surface area (Å²) in [6.07, 6.45) is 0. The number of hydrogen-bond donors (Lipinski definition) is 0. The molecule has 3 heteroatoms. The Morgan fingerprint density at radius 3 is 1.21 bits per heavy atom. The van der Waals surface area contributed by atoms with Crippen LogP contribution in [0.5, 0.6) is 0 Å². The van der Waals surface area contributed by atoms with E-state index < -0.39 is 0 Å². The van der Waals surface area contributed by atoms with Crippen molar-refractivity contribution >= 4 is 65.4 Å². The Hall–Kier alpha value is -7.62. The van der Waals surface area contributed by atoms with Crippen molar-refractivity contribution in [3.63, 3.8) is 0 Å². The van der Waals surface area contributed by atoms with Crippen LogP contribution in [0.2, 0.25) is 0 Å². The zero-order valence-electron chi connectivity index (χ0n) is 31.0. The van der Waals surface area contributed by atoms with Crippen molar-refractivity contribution in [3.8, 4) is 39.3 Å². The highest BCUT2D eigenvalue weighted by molar-refractivity contribution is 6.24. The van der Waals surface area contributed by atoms with Gasteiger partial charge in [-0.05, 0) is 95.1 Å². The van der Waals surface area contributed by atoms with E-state index in [0.717, 1.165) is 17.1 Å². The maximum Gasteiger partial charge on any atom is 0.0788 e. The summed E-state index contributed by atoms with van der Waals surface area (Å²) in [6.45, 7) is 0. The van der Waals surface area contributed by atoms with Gasteiger partial charge in [0.05, 0.1) is 33.1 Å². The summed E-state index contributed by atoms with van der Waals surface area (Å²) in [5, 5.41) is 7.45. The highest BCUT2D eigenvalue weighted by Gasteiger charge is 2.22. The van der Waals surface area contributed by atoms with E-state index in [9.17, 15) is 0 Å². The van der Waals surface area contributed by atoms with Crippen molar-refractivity contribution in [1.29, 1.82) is 0 Å². The number of rotatable bonds is 5. The fourth-order valence-electron chi connectivity index (χ4n) is 9.33. The molecule has 0 saturated heterocycles. The van der Waals surface area contributed by atoms with Gasteiger partial charge in [-0.1, -0.05) is 140 Å². The first-order chi connectivity index (χ1) is 28.3. The minimum atomic E-state index is 1.13. The molecule has 0 radical (unpaired) electrons. The SMILES string of the molecule is c1ccc(-c2cc(-c3ccc4c(c3)c3ccccc3n4-c3ccccc3)cc(-n3c4ccccc4c4ccc5c6ccccc6n(-c6ccccc6)c5c43)c2)cc1. The maximum atomic E-state index is 2.51. The van der Waals surface area contributed by atoms with E-state index in [2.05, 4.69) is 226 Å². The van der Waals surface area contributed by atoms with Crippen LogP contribution < -0.4 is 0 Å². The molecule has 0 aliphatic rings. The highest BCUT2D eigenvalue weighted by Crippen LogP contribution is 2.43.